The Hall–Kier alpha value is -6.58. The molecule has 0 saturated heterocycles. The number of para-hydroxylation sites is 1. The molecule has 0 aliphatic carbocycles. The minimum absolute atomic E-state index is 0.662. The van der Waals surface area contributed by atoms with Crippen molar-refractivity contribution in [2.45, 2.75) is 0 Å². The van der Waals surface area contributed by atoms with Crippen LogP contribution in [0.3, 0.4) is 0 Å². The fourth-order valence-electron chi connectivity index (χ4n) is 7.29. The highest BCUT2D eigenvalue weighted by Gasteiger charge is 2.19. The van der Waals surface area contributed by atoms with Crippen LogP contribution in [0.1, 0.15) is 0 Å². The van der Waals surface area contributed by atoms with Gasteiger partial charge in [0.2, 0.25) is 0 Å². The fraction of sp³-hybridized carbons (Fsp3) is 0. The summed E-state index contributed by atoms with van der Waals surface area (Å²) in [5.41, 5.74) is 10.0. The van der Waals surface area contributed by atoms with Gasteiger partial charge in [0.25, 0.3) is 0 Å². The van der Waals surface area contributed by atoms with Crippen molar-refractivity contribution in [2.75, 3.05) is 0 Å². The van der Waals surface area contributed by atoms with Crippen LogP contribution in [0, 0.1) is 0 Å². The summed E-state index contributed by atoms with van der Waals surface area (Å²) in [5, 5.41) is 7.89. The Balaban J connectivity index is 1.27. The van der Waals surface area contributed by atoms with Crippen LogP contribution in [0.4, 0.5) is 0 Å². The Labute approximate surface area is 282 Å². The number of nitrogens with zero attached hydrogens (tertiary/aromatic N) is 2. The van der Waals surface area contributed by atoms with E-state index in [0.29, 0.717) is 5.82 Å². The zero-order valence-electron chi connectivity index (χ0n) is 26.5. The molecule has 0 saturated carbocycles. The molecule has 0 fully saturated rings. The number of fused-ring (bicyclic) bond motifs is 6. The van der Waals surface area contributed by atoms with E-state index in [2.05, 4.69) is 164 Å². The van der Waals surface area contributed by atoms with Gasteiger partial charge in [-0.25, -0.2) is 9.97 Å². The normalized spacial score (nSPS) is 11.7. The second kappa shape index (κ2) is 11.0. The fourth-order valence-corrected chi connectivity index (χ4v) is 7.29. The summed E-state index contributed by atoms with van der Waals surface area (Å²) >= 11 is 0. The largest absolute Gasteiger partial charge is 0.456 e. The van der Waals surface area contributed by atoms with Crippen LogP contribution in [0.2, 0.25) is 0 Å². The van der Waals surface area contributed by atoms with Crippen LogP contribution in [0.15, 0.2) is 174 Å². The molecule has 2 aromatic heterocycles. The summed E-state index contributed by atoms with van der Waals surface area (Å²) < 4.78 is 6.70. The average molecular weight is 625 g/mol. The Morgan fingerprint density at radius 3 is 1.92 bits per heavy atom. The van der Waals surface area contributed by atoms with Crippen molar-refractivity contribution < 1.29 is 4.42 Å². The van der Waals surface area contributed by atoms with E-state index < -0.39 is 0 Å². The predicted molar refractivity (Wildman–Crippen MR) is 204 cm³/mol. The van der Waals surface area contributed by atoms with E-state index in [4.69, 9.17) is 14.4 Å². The highest BCUT2D eigenvalue weighted by Crippen LogP contribution is 2.42. The number of hydrogen-bond donors (Lipinski definition) is 0. The van der Waals surface area contributed by atoms with Crippen molar-refractivity contribution >= 4 is 54.4 Å². The molecule has 0 atom stereocenters. The van der Waals surface area contributed by atoms with Crippen molar-refractivity contribution in [1.29, 1.82) is 0 Å². The van der Waals surface area contributed by atoms with E-state index >= 15 is 0 Å². The molecule has 0 aliphatic rings. The maximum Gasteiger partial charge on any atom is 0.160 e. The smallest absolute Gasteiger partial charge is 0.160 e. The second-order valence-electron chi connectivity index (χ2n) is 12.6. The minimum atomic E-state index is 0.662. The lowest BCUT2D eigenvalue weighted by Crippen LogP contribution is -1.96. The summed E-state index contributed by atoms with van der Waals surface area (Å²) in [5.74, 6) is 0.662. The number of rotatable bonds is 4. The molecule has 0 radical (unpaired) electrons. The summed E-state index contributed by atoms with van der Waals surface area (Å²) in [6, 6.07) is 59.7. The van der Waals surface area contributed by atoms with Crippen molar-refractivity contribution in [3.63, 3.8) is 0 Å². The molecule has 3 nitrogen and oxygen atoms in total. The molecule has 0 spiro atoms. The molecule has 228 valence electrons. The Morgan fingerprint density at radius 1 is 0.367 bits per heavy atom. The van der Waals surface area contributed by atoms with Crippen molar-refractivity contribution in [2.24, 2.45) is 0 Å². The van der Waals surface area contributed by atoms with Crippen LogP contribution in [0.25, 0.3) is 99.3 Å². The summed E-state index contributed by atoms with van der Waals surface area (Å²) in [6.07, 6.45) is 0. The van der Waals surface area contributed by atoms with Gasteiger partial charge in [0.05, 0.1) is 11.2 Å². The van der Waals surface area contributed by atoms with Crippen LogP contribution in [-0.4, -0.2) is 9.97 Å². The highest BCUT2D eigenvalue weighted by molar-refractivity contribution is 6.16. The average Bonchev–Trinajstić information content (AvgIpc) is 3.53. The Morgan fingerprint density at radius 2 is 1.04 bits per heavy atom. The van der Waals surface area contributed by atoms with Gasteiger partial charge in [0.1, 0.15) is 11.2 Å². The van der Waals surface area contributed by atoms with Gasteiger partial charge in [0, 0.05) is 27.3 Å². The van der Waals surface area contributed by atoms with E-state index in [1.165, 1.54) is 16.3 Å². The molecule has 0 aliphatic heterocycles. The molecule has 8 aromatic carbocycles. The van der Waals surface area contributed by atoms with Gasteiger partial charge in [-0.15, -0.1) is 0 Å². The molecule has 0 amide bonds. The van der Waals surface area contributed by atoms with E-state index in [0.717, 1.165) is 77.1 Å². The van der Waals surface area contributed by atoms with Crippen molar-refractivity contribution in [1.82, 2.24) is 9.97 Å². The maximum atomic E-state index is 6.70. The third kappa shape index (κ3) is 4.59. The highest BCUT2D eigenvalue weighted by atomic mass is 16.3. The van der Waals surface area contributed by atoms with Crippen LogP contribution >= 0.6 is 0 Å². The molecule has 0 N–H and O–H groups in total. The maximum absolute atomic E-state index is 6.70. The third-order valence-corrected chi connectivity index (χ3v) is 9.63. The van der Waals surface area contributed by atoms with Gasteiger partial charge in [-0.1, -0.05) is 133 Å². The van der Waals surface area contributed by atoms with Crippen LogP contribution in [0.5, 0.6) is 0 Å². The third-order valence-electron chi connectivity index (χ3n) is 9.63. The molecule has 49 heavy (non-hydrogen) atoms. The topological polar surface area (TPSA) is 38.9 Å². The van der Waals surface area contributed by atoms with Crippen molar-refractivity contribution in [3.05, 3.63) is 170 Å². The van der Waals surface area contributed by atoms with Gasteiger partial charge in [0.15, 0.2) is 5.82 Å². The summed E-state index contributed by atoms with van der Waals surface area (Å²) in [7, 11) is 0. The van der Waals surface area contributed by atoms with Gasteiger partial charge < -0.3 is 4.42 Å². The summed E-state index contributed by atoms with van der Waals surface area (Å²) in [6.45, 7) is 0. The number of hydrogen-bond acceptors (Lipinski definition) is 3. The van der Waals surface area contributed by atoms with Crippen molar-refractivity contribution in [3.8, 4) is 44.9 Å². The first kappa shape index (κ1) is 27.5. The molecule has 3 heteroatoms. The van der Waals surface area contributed by atoms with Gasteiger partial charge in [-0.05, 0) is 80.2 Å². The molecule has 10 aromatic rings. The monoisotopic (exact) mass is 624 g/mol. The minimum Gasteiger partial charge on any atom is -0.456 e. The number of furan rings is 1. The molecular formula is C46H28N2O. The first-order valence-electron chi connectivity index (χ1n) is 16.6. The van der Waals surface area contributed by atoms with E-state index in [-0.39, 0.29) is 0 Å². The predicted octanol–water partition coefficient (Wildman–Crippen LogP) is 12.5. The van der Waals surface area contributed by atoms with Gasteiger partial charge in [-0.3, -0.25) is 0 Å². The molecule has 0 unspecified atom stereocenters. The van der Waals surface area contributed by atoms with E-state index in [1.54, 1.807) is 0 Å². The van der Waals surface area contributed by atoms with E-state index in [1.807, 2.05) is 6.07 Å². The summed E-state index contributed by atoms with van der Waals surface area (Å²) in [4.78, 5) is 10.5. The standard InChI is InChI=1S/C46H28N2O/c1-2-12-29(13-3-1)31-18-10-19-34(24-31)39-26-35(28-43-44(39)40-25-32-15-4-5-16-33(32)27-42(40)49-43)46-47-41-23-9-8-21-38(41)45(48-46)37-22-11-17-30-14-6-7-20-36(30)37/h1-28H. The lowest BCUT2D eigenvalue weighted by molar-refractivity contribution is 0.669. The van der Waals surface area contributed by atoms with Crippen LogP contribution in [-0.2, 0) is 0 Å². The molecular weight excluding hydrogens is 597 g/mol. The lowest BCUT2D eigenvalue weighted by atomic mass is 9.93. The molecule has 10 rings (SSSR count). The Kier molecular flexibility index (Phi) is 6.18. The second-order valence-corrected chi connectivity index (χ2v) is 12.6. The van der Waals surface area contributed by atoms with E-state index in [9.17, 15) is 0 Å². The number of benzene rings is 8. The lowest BCUT2D eigenvalue weighted by Gasteiger charge is -2.13. The molecule has 2 heterocycles. The number of aromatic nitrogens is 2. The zero-order chi connectivity index (χ0) is 32.3. The Bertz CT molecular complexity index is 2880. The van der Waals surface area contributed by atoms with Crippen LogP contribution < -0.4 is 0 Å². The first-order chi connectivity index (χ1) is 24.3. The SMILES string of the molecule is c1ccc(-c2cccc(-c3cc(-c4nc(-c5cccc6ccccc56)c5ccccc5n4)cc4oc5cc6ccccc6cc5c34)c2)cc1. The van der Waals surface area contributed by atoms with Gasteiger partial charge in [-0.2, -0.15) is 0 Å². The quantitative estimate of drug-likeness (QED) is 0.196. The zero-order valence-corrected chi connectivity index (χ0v) is 26.5. The van der Waals surface area contributed by atoms with Gasteiger partial charge >= 0.3 is 0 Å². The molecule has 0 bridgehead atoms. The first-order valence-corrected chi connectivity index (χ1v) is 16.6.